The average molecular weight is 201 g/mol. The fourth-order valence-corrected chi connectivity index (χ4v) is 2.10. The first-order chi connectivity index (χ1) is 6.47. The summed E-state index contributed by atoms with van der Waals surface area (Å²) in [6.07, 6.45) is 2.57. The van der Waals surface area contributed by atoms with E-state index in [0.717, 1.165) is 25.8 Å². The molecular weight excluding hydrogens is 178 g/mol. The number of hydrogen-bond donors (Lipinski definition) is 2. The molecule has 0 bridgehead atoms. The third-order valence-corrected chi connectivity index (χ3v) is 2.70. The molecule has 1 unspecified atom stereocenters. The maximum Gasteiger partial charge on any atom is 0.0820 e. The predicted octanol–water partition coefficient (Wildman–Crippen LogP) is 1.31. The summed E-state index contributed by atoms with van der Waals surface area (Å²) >= 11 is 0. The van der Waals surface area contributed by atoms with Gasteiger partial charge in [-0.15, -0.1) is 0 Å². The number of hydrogen-bond acceptors (Lipinski definition) is 3. The van der Waals surface area contributed by atoms with E-state index in [1.165, 1.54) is 0 Å². The molecule has 0 radical (unpaired) electrons. The molecule has 1 atom stereocenters. The van der Waals surface area contributed by atoms with E-state index in [-0.39, 0.29) is 5.60 Å². The number of rotatable bonds is 4. The smallest absolute Gasteiger partial charge is 0.0820 e. The molecule has 1 saturated heterocycles. The van der Waals surface area contributed by atoms with Crippen molar-refractivity contribution in [1.82, 2.24) is 5.32 Å². The van der Waals surface area contributed by atoms with Crippen molar-refractivity contribution < 1.29 is 9.84 Å². The van der Waals surface area contributed by atoms with Gasteiger partial charge in [-0.05, 0) is 26.8 Å². The molecular formula is C11H23NO2. The van der Waals surface area contributed by atoms with E-state index in [1.807, 2.05) is 13.8 Å². The van der Waals surface area contributed by atoms with E-state index >= 15 is 0 Å². The van der Waals surface area contributed by atoms with Crippen molar-refractivity contribution in [3.05, 3.63) is 0 Å². The first kappa shape index (κ1) is 12.0. The molecule has 84 valence electrons. The van der Waals surface area contributed by atoms with Crippen molar-refractivity contribution in [2.75, 3.05) is 19.7 Å². The van der Waals surface area contributed by atoms with Gasteiger partial charge >= 0.3 is 0 Å². The van der Waals surface area contributed by atoms with Gasteiger partial charge in [0.15, 0.2) is 0 Å². The summed E-state index contributed by atoms with van der Waals surface area (Å²) < 4.78 is 5.58. The molecule has 0 aromatic rings. The molecule has 0 amide bonds. The fraction of sp³-hybridized carbons (Fsp3) is 1.00. The summed E-state index contributed by atoms with van der Waals surface area (Å²) in [5, 5.41) is 13.6. The molecule has 0 spiro atoms. The highest BCUT2D eigenvalue weighted by molar-refractivity contribution is 4.91. The Morgan fingerprint density at radius 3 is 2.71 bits per heavy atom. The second-order valence-electron chi connectivity index (χ2n) is 4.94. The topological polar surface area (TPSA) is 41.5 Å². The Morgan fingerprint density at radius 1 is 1.43 bits per heavy atom. The van der Waals surface area contributed by atoms with Crippen LogP contribution < -0.4 is 5.32 Å². The van der Waals surface area contributed by atoms with E-state index in [2.05, 4.69) is 12.2 Å². The molecule has 1 rings (SSSR count). The van der Waals surface area contributed by atoms with Gasteiger partial charge in [0.05, 0.1) is 17.8 Å². The molecule has 0 aromatic heterocycles. The minimum absolute atomic E-state index is 0.180. The molecule has 2 N–H and O–H groups in total. The lowest BCUT2D eigenvalue weighted by molar-refractivity contribution is -0.142. The normalized spacial score (nSPS) is 31.7. The predicted molar refractivity (Wildman–Crippen MR) is 57.4 cm³/mol. The lowest BCUT2D eigenvalue weighted by Crippen LogP contribution is -2.51. The van der Waals surface area contributed by atoms with Gasteiger partial charge in [0.25, 0.3) is 0 Å². The molecule has 0 saturated carbocycles. The van der Waals surface area contributed by atoms with Gasteiger partial charge in [0.2, 0.25) is 0 Å². The van der Waals surface area contributed by atoms with Gasteiger partial charge in [-0.1, -0.05) is 6.92 Å². The van der Waals surface area contributed by atoms with Crippen LogP contribution in [0.4, 0.5) is 0 Å². The third kappa shape index (κ3) is 3.56. The van der Waals surface area contributed by atoms with E-state index < -0.39 is 5.60 Å². The second kappa shape index (κ2) is 4.60. The van der Waals surface area contributed by atoms with Crippen molar-refractivity contribution in [3.63, 3.8) is 0 Å². The van der Waals surface area contributed by atoms with Crippen LogP contribution in [0.2, 0.25) is 0 Å². The van der Waals surface area contributed by atoms with E-state index in [4.69, 9.17) is 4.74 Å². The Labute approximate surface area is 86.8 Å². The second-order valence-corrected chi connectivity index (χ2v) is 4.94. The van der Waals surface area contributed by atoms with Gasteiger partial charge in [-0.25, -0.2) is 0 Å². The highest BCUT2D eigenvalue weighted by Crippen LogP contribution is 2.31. The summed E-state index contributed by atoms with van der Waals surface area (Å²) in [5.41, 5.74) is -0.752. The highest BCUT2D eigenvalue weighted by atomic mass is 16.5. The van der Waals surface area contributed by atoms with Gasteiger partial charge in [0.1, 0.15) is 0 Å². The fourth-order valence-electron chi connectivity index (χ4n) is 2.10. The molecule has 0 aliphatic carbocycles. The highest BCUT2D eigenvalue weighted by Gasteiger charge is 2.38. The van der Waals surface area contributed by atoms with Crippen molar-refractivity contribution in [2.24, 2.45) is 0 Å². The molecule has 3 heteroatoms. The van der Waals surface area contributed by atoms with E-state index in [1.54, 1.807) is 0 Å². The molecule has 0 aromatic carbocycles. The van der Waals surface area contributed by atoms with Crippen molar-refractivity contribution >= 4 is 0 Å². The van der Waals surface area contributed by atoms with Crippen LogP contribution >= 0.6 is 0 Å². The lowest BCUT2D eigenvalue weighted by Gasteiger charge is -2.41. The van der Waals surface area contributed by atoms with Crippen LogP contribution in [0.5, 0.6) is 0 Å². The Kier molecular flexibility index (Phi) is 3.93. The summed E-state index contributed by atoms with van der Waals surface area (Å²) in [7, 11) is 0. The quantitative estimate of drug-likeness (QED) is 0.674. The summed E-state index contributed by atoms with van der Waals surface area (Å²) in [5.74, 6) is 0. The molecule has 1 heterocycles. The third-order valence-electron chi connectivity index (χ3n) is 2.70. The Morgan fingerprint density at radius 2 is 2.14 bits per heavy atom. The minimum Gasteiger partial charge on any atom is -0.388 e. The van der Waals surface area contributed by atoms with E-state index in [9.17, 15) is 5.11 Å². The first-order valence-electron chi connectivity index (χ1n) is 5.54. The average Bonchev–Trinajstić information content (AvgIpc) is 2.01. The first-order valence-corrected chi connectivity index (χ1v) is 5.54. The SMILES string of the molecule is CCCNCC1(O)CCOC(C)(C)C1. The minimum atomic E-state index is -0.572. The standard InChI is InChI=1S/C11H23NO2/c1-4-6-12-9-11(13)5-7-14-10(2,3)8-11/h12-13H,4-9H2,1-3H3. The van der Waals surface area contributed by atoms with Crippen LogP contribution in [0.1, 0.15) is 40.0 Å². The molecule has 1 aliphatic rings. The van der Waals surface area contributed by atoms with Crippen LogP contribution in [0, 0.1) is 0 Å². The summed E-state index contributed by atoms with van der Waals surface area (Å²) in [6.45, 7) is 8.54. The van der Waals surface area contributed by atoms with Gasteiger partial charge in [-0.3, -0.25) is 0 Å². The monoisotopic (exact) mass is 201 g/mol. The molecule has 1 fully saturated rings. The van der Waals surface area contributed by atoms with Crippen LogP contribution in [-0.2, 0) is 4.74 Å². The van der Waals surface area contributed by atoms with Crippen molar-refractivity contribution in [2.45, 2.75) is 51.2 Å². The lowest BCUT2D eigenvalue weighted by atomic mass is 9.84. The Bertz CT molecular complexity index is 182. The van der Waals surface area contributed by atoms with Gasteiger partial charge in [-0.2, -0.15) is 0 Å². The van der Waals surface area contributed by atoms with Gasteiger partial charge < -0.3 is 15.2 Å². The number of nitrogens with one attached hydrogen (secondary N) is 1. The van der Waals surface area contributed by atoms with Crippen LogP contribution in [0.25, 0.3) is 0 Å². The zero-order valence-electron chi connectivity index (χ0n) is 9.60. The largest absolute Gasteiger partial charge is 0.388 e. The van der Waals surface area contributed by atoms with Crippen LogP contribution in [-0.4, -0.2) is 36.0 Å². The molecule has 14 heavy (non-hydrogen) atoms. The van der Waals surface area contributed by atoms with Gasteiger partial charge in [0, 0.05) is 19.4 Å². The van der Waals surface area contributed by atoms with E-state index in [0.29, 0.717) is 13.2 Å². The maximum atomic E-state index is 10.3. The van der Waals surface area contributed by atoms with Crippen molar-refractivity contribution in [3.8, 4) is 0 Å². The van der Waals surface area contributed by atoms with Crippen LogP contribution in [0.3, 0.4) is 0 Å². The molecule has 1 aliphatic heterocycles. The number of aliphatic hydroxyl groups is 1. The Hall–Kier alpha value is -0.120. The molecule has 3 nitrogen and oxygen atoms in total. The Balaban J connectivity index is 2.39. The summed E-state index contributed by atoms with van der Waals surface area (Å²) in [6, 6.07) is 0. The van der Waals surface area contributed by atoms with Crippen molar-refractivity contribution in [1.29, 1.82) is 0 Å². The zero-order valence-corrected chi connectivity index (χ0v) is 9.60. The summed E-state index contributed by atoms with van der Waals surface area (Å²) in [4.78, 5) is 0. The maximum absolute atomic E-state index is 10.3. The van der Waals surface area contributed by atoms with Crippen LogP contribution in [0.15, 0.2) is 0 Å². The zero-order chi connectivity index (χ0) is 10.7. The number of ether oxygens (including phenoxy) is 1.